The van der Waals surface area contributed by atoms with Crippen molar-refractivity contribution < 1.29 is 5.11 Å². The number of hydrogen-bond acceptors (Lipinski definition) is 2. The topological polar surface area (TPSA) is 38.0 Å². The fourth-order valence-electron chi connectivity index (χ4n) is 1.55. The summed E-state index contributed by atoms with van der Waals surface area (Å²) in [5, 5.41) is 14.4. The van der Waals surface area contributed by atoms with Crippen molar-refractivity contribution in [2.45, 2.75) is 13.5 Å². The highest BCUT2D eigenvalue weighted by molar-refractivity contribution is 6.30. The van der Waals surface area contributed by atoms with Gasteiger partial charge in [0.05, 0.1) is 6.20 Å². The Bertz CT molecular complexity index is 479. The summed E-state index contributed by atoms with van der Waals surface area (Å²) in [5.41, 5.74) is 1.58. The van der Waals surface area contributed by atoms with Crippen LogP contribution < -0.4 is 0 Å². The summed E-state index contributed by atoms with van der Waals surface area (Å²) in [7, 11) is 0. The van der Waals surface area contributed by atoms with Crippen LogP contribution in [0, 0.1) is 0 Å². The average Bonchev–Trinajstić information content (AvgIpc) is 2.59. The van der Waals surface area contributed by atoms with Gasteiger partial charge in [0.1, 0.15) is 5.69 Å². The number of halogens is 1. The molecule has 2 rings (SSSR count). The van der Waals surface area contributed by atoms with Crippen LogP contribution in [0.15, 0.2) is 30.5 Å². The van der Waals surface area contributed by atoms with Crippen LogP contribution in [-0.4, -0.2) is 14.9 Å². The van der Waals surface area contributed by atoms with Gasteiger partial charge in [0, 0.05) is 17.1 Å². The quantitative estimate of drug-likeness (QED) is 0.849. The van der Waals surface area contributed by atoms with E-state index in [0.29, 0.717) is 17.3 Å². The molecule has 1 N–H and O–H groups in total. The lowest BCUT2D eigenvalue weighted by Gasteiger charge is -2.05. The van der Waals surface area contributed by atoms with Crippen molar-refractivity contribution in [3.63, 3.8) is 0 Å². The molecule has 0 fully saturated rings. The van der Waals surface area contributed by atoms with E-state index in [1.54, 1.807) is 10.7 Å². The van der Waals surface area contributed by atoms with Crippen molar-refractivity contribution in [3.8, 4) is 17.0 Å². The van der Waals surface area contributed by atoms with E-state index in [0.717, 1.165) is 5.56 Å². The Labute approximate surface area is 92.9 Å². The summed E-state index contributed by atoms with van der Waals surface area (Å²) in [6.07, 6.45) is 1.44. The number of aromatic nitrogens is 2. The highest BCUT2D eigenvalue weighted by atomic mass is 35.5. The van der Waals surface area contributed by atoms with Crippen LogP contribution in [0.3, 0.4) is 0 Å². The largest absolute Gasteiger partial charge is 0.504 e. The van der Waals surface area contributed by atoms with Crippen molar-refractivity contribution in [1.29, 1.82) is 0 Å². The molecule has 2 aromatic rings. The predicted octanol–water partition coefficient (Wildman–Crippen LogP) is 2.93. The third kappa shape index (κ3) is 1.83. The van der Waals surface area contributed by atoms with E-state index >= 15 is 0 Å². The molecule has 0 saturated carbocycles. The molecule has 0 aliphatic carbocycles. The van der Waals surface area contributed by atoms with E-state index in [1.807, 2.05) is 25.1 Å². The van der Waals surface area contributed by atoms with Gasteiger partial charge >= 0.3 is 0 Å². The maximum absolute atomic E-state index is 9.68. The van der Waals surface area contributed by atoms with Crippen molar-refractivity contribution in [2.24, 2.45) is 0 Å². The Kier molecular flexibility index (Phi) is 2.64. The van der Waals surface area contributed by atoms with Crippen LogP contribution in [0.4, 0.5) is 0 Å². The molecule has 0 aliphatic rings. The normalized spacial score (nSPS) is 10.5. The Hall–Kier alpha value is -1.48. The molecular formula is C11H11ClN2O. The van der Waals surface area contributed by atoms with Gasteiger partial charge in [-0.3, -0.25) is 4.68 Å². The number of aromatic hydroxyl groups is 1. The van der Waals surface area contributed by atoms with Crippen LogP contribution in [0.25, 0.3) is 11.3 Å². The number of benzene rings is 1. The van der Waals surface area contributed by atoms with E-state index in [4.69, 9.17) is 11.6 Å². The second kappa shape index (κ2) is 3.95. The van der Waals surface area contributed by atoms with Crippen molar-refractivity contribution in [2.75, 3.05) is 0 Å². The third-order valence-electron chi connectivity index (χ3n) is 2.22. The number of aryl methyl sites for hydroxylation is 1. The van der Waals surface area contributed by atoms with Gasteiger partial charge in [-0.2, -0.15) is 5.10 Å². The summed E-state index contributed by atoms with van der Waals surface area (Å²) in [6, 6.07) is 7.36. The first-order chi connectivity index (χ1) is 7.22. The number of nitrogens with zero attached hydrogens (tertiary/aromatic N) is 2. The average molecular weight is 223 g/mol. The predicted molar refractivity (Wildman–Crippen MR) is 60.0 cm³/mol. The minimum absolute atomic E-state index is 0.180. The summed E-state index contributed by atoms with van der Waals surface area (Å²) in [6.45, 7) is 2.68. The molecule has 0 aliphatic heterocycles. The molecule has 1 heterocycles. The molecule has 0 spiro atoms. The fraction of sp³-hybridized carbons (Fsp3) is 0.182. The summed E-state index contributed by atoms with van der Waals surface area (Å²) in [5.74, 6) is 0.180. The monoisotopic (exact) mass is 222 g/mol. The fourth-order valence-corrected chi connectivity index (χ4v) is 1.74. The number of hydrogen-bond donors (Lipinski definition) is 1. The first kappa shape index (κ1) is 10.1. The lowest BCUT2D eigenvalue weighted by Crippen LogP contribution is -1.98. The summed E-state index contributed by atoms with van der Waals surface area (Å²) >= 11 is 5.90. The van der Waals surface area contributed by atoms with E-state index in [9.17, 15) is 5.11 Å². The van der Waals surface area contributed by atoms with Crippen LogP contribution in [0.2, 0.25) is 5.02 Å². The Morgan fingerprint density at radius 2 is 2.27 bits per heavy atom. The van der Waals surface area contributed by atoms with Crippen LogP contribution in [0.1, 0.15) is 6.92 Å². The molecule has 15 heavy (non-hydrogen) atoms. The highest BCUT2D eigenvalue weighted by Gasteiger charge is 2.10. The first-order valence-electron chi connectivity index (χ1n) is 4.73. The van der Waals surface area contributed by atoms with Gasteiger partial charge < -0.3 is 5.11 Å². The van der Waals surface area contributed by atoms with Crippen molar-refractivity contribution in [3.05, 3.63) is 35.5 Å². The Morgan fingerprint density at radius 1 is 1.47 bits per heavy atom. The third-order valence-corrected chi connectivity index (χ3v) is 2.45. The van der Waals surface area contributed by atoms with Gasteiger partial charge in [-0.15, -0.1) is 0 Å². The molecule has 0 bridgehead atoms. The van der Waals surface area contributed by atoms with Gasteiger partial charge in [0.2, 0.25) is 0 Å². The highest BCUT2D eigenvalue weighted by Crippen LogP contribution is 2.30. The van der Waals surface area contributed by atoms with Gasteiger partial charge in [0.15, 0.2) is 5.75 Å². The summed E-state index contributed by atoms with van der Waals surface area (Å²) < 4.78 is 1.74. The van der Waals surface area contributed by atoms with Crippen molar-refractivity contribution >= 4 is 11.6 Å². The maximum Gasteiger partial charge on any atom is 0.161 e. The van der Waals surface area contributed by atoms with Crippen LogP contribution >= 0.6 is 11.6 Å². The van der Waals surface area contributed by atoms with E-state index in [2.05, 4.69) is 5.10 Å². The molecule has 0 unspecified atom stereocenters. The van der Waals surface area contributed by atoms with Gasteiger partial charge in [-0.05, 0) is 19.1 Å². The number of rotatable bonds is 2. The van der Waals surface area contributed by atoms with Gasteiger partial charge in [0.25, 0.3) is 0 Å². The molecule has 1 aromatic carbocycles. The zero-order chi connectivity index (χ0) is 10.8. The molecule has 3 nitrogen and oxygen atoms in total. The van der Waals surface area contributed by atoms with E-state index in [-0.39, 0.29) is 5.75 Å². The smallest absolute Gasteiger partial charge is 0.161 e. The van der Waals surface area contributed by atoms with Crippen LogP contribution in [-0.2, 0) is 6.54 Å². The van der Waals surface area contributed by atoms with Gasteiger partial charge in [-0.1, -0.05) is 23.7 Å². The lowest BCUT2D eigenvalue weighted by atomic mass is 10.1. The first-order valence-corrected chi connectivity index (χ1v) is 5.11. The second-order valence-corrected chi connectivity index (χ2v) is 3.64. The molecule has 0 saturated heterocycles. The Morgan fingerprint density at radius 3 is 2.93 bits per heavy atom. The zero-order valence-corrected chi connectivity index (χ0v) is 9.07. The maximum atomic E-state index is 9.68. The van der Waals surface area contributed by atoms with Crippen molar-refractivity contribution in [1.82, 2.24) is 9.78 Å². The minimum Gasteiger partial charge on any atom is -0.504 e. The molecule has 4 heteroatoms. The molecule has 0 radical (unpaired) electrons. The van der Waals surface area contributed by atoms with Crippen LogP contribution in [0.5, 0.6) is 5.75 Å². The Balaban J connectivity index is 2.57. The van der Waals surface area contributed by atoms with Gasteiger partial charge in [-0.25, -0.2) is 0 Å². The molecule has 78 valence electrons. The molecule has 0 amide bonds. The van der Waals surface area contributed by atoms with E-state index < -0.39 is 0 Å². The SMILES string of the molecule is CCn1ncc(O)c1-c1cccc(Cl)c1. The molecular weight excluding hydrogens is 212 g/mol. The second-order valence-electron chi connectivity index (χ2n) is 3.20. The minimum atomic E-state index is 0.180. The standard InChI is InChI=1S/C11H11ClN2O/c1-2-14-11(10(15)7-13-14)8-4-3-5-9(12)6-8/h3-7,15H,2H2,1H3. The molecule has 0 atom stereocenters. The van der Waals surface area contributed by atoms with E-state index in [1.165, 1.54) is 6.20 Å². The lowest BCUT2D eigenvalue weighted by molar-refractivity contribution is 0.476. The zero-order valence-electron chi connectivity index (χ0n) is 8.31. The summed E-state index contributed by atoms with van der Waals surface area (Å²) in [4.78, 5) is 0. The molecule has 1 aromatic heterocycles.